The molecule has 1 heterocycles. The van der Waals surface area contributed by atoms with Gasteiger partial charge >= 0.3 is 0 Å². The topological polar surface area (TPSA) is 44.5 Å². The molecule has 0 spiro atoms. The van der Waals surface area contributed by atoms with Gasteiger partial charge in [0.15, 0.2) is 0 Å². The normalized spacial score (nSPS) is 23.5. The number of rotatable bonds is 3. The summed E-state index contributed by atoms with van der Waals surface area (Å²) in [7, 11) is 1.71. The van der Waals surface area contributed by atoms with Crippen molar-refractivity contribution in [3.8, 4) is 0 Å². The third-order valence-electron chi connectivity index (χ3n) is 2.29. The molecule has 3 nitrogen and oxygen atoms in total. The first kappa shape index (κ1) is 8.97. The van der Waals surface area contributed by atoms with E-state index in [0.29, 0.717) is 0 Å². The van der Waals surface area contributed by atoms with E-state index in [-0.39, 0.29) is 5.54 Å². The van der Waals surface area contributed by atoms with Gasteiger partial charge in [-0.15, -0.1) is 0 Å². The summed E-state index contributed by atoms with van der Waals surface area (Å²) in [5.74, 6) is 0. The molecule has 0 saturated carbocycles. The van der Waals surface area contributed by atoms with E-state index in [1.54, 1.807) is 7.11 Å². The van der Waals surface area contributed by atoms with Gasteiger partial charge in [0, 0.05) is 32.5 Å². The van der Waals surface area contributed by atoms with E-state index in [9.17, 15) is 0 Å². The second kappa shape index (κ2) is 4.04. The molecule has 2 N–H and O–H groups in total. The van der Waals surface area contributed by atoms with Crippen molar-refractivity contribution in [2.24, 2.45) is 5.73 Å². The van der Waals surface area contributed by atoms with Gasteiger partial charge in [0.05, 0.1) is 0 Å². The monoisotopic (exact) mass is 159 g/mol. The molecule has 0 radical (unpaired) electrons. The minimum atomic E-state index is -0.0196. The zero-order valence-electron chi connectivity index (χ0n) is 7.14. The SMILES string of the molecule is COCCC1(N)CCOCC1. The standard InChI is InChI=1S/C8H17NO2/c1-10-5-2-8(9)3-6-11-7-4-8/h2-7,9H2,1H3. The molecule has 0 aromatic rings. The molecule has 11 heavy (non-hydrogen) atoms. The Bertz CT molecular complexity index is 111. The molecule has 1 aliphatic heterocycles. The average Bonchev–Trinajstić information content (AvgIpc) is 2.03. The van der Waals surface area contributed by atoms with Crippen LogP contribution in [0.3, 0.4) is 0 Å². The minimum absolute atomic E-state index is 0.0196. The summed E-state index contributed by atoms with van der Waals surface area (Å²) in [5.41, 5.74) is 6.07. The fraction of sp³-hybridized carbons (Fsp3) is 1.00. The maximum absolute atomic E-state index is 6.09. The van der Waals surface area contributed by atoms with Crippen molar-refractivity contribution < 1.29 is 9.47 Å². The molecule has 66 valence electrons. The van der Waals surface area contributed by atoms with E-state index in [0.717, 1.165) is 39.1 Å². The van der Waals surface area contributed by atoms with Gasteiger partial charge < -0.3 is 15.2 Å². The fourth-order valence-corrected chi connectivity index (χ4v) is 1.33. The van der Waals surface area contributed by atoms with Gasteiger partial charge in [0.1, 0.15) is 0 Å². The summed E-state index contributed by atoms with van der Waals surface area (Å²) in [5, 5.41) is 0. The second-order valence-corrected chi connectivity index (χ2v) is 3.22. The van der Waals surface area contributed by atoms with E-state index in [2.05, 4.69) is 0 Å². The quantitative estimate of drug-likeness (QED) is 0.653. The zero-order valence-corrected chi connectivity index (χ0v) is 7.14. The molecule has 1 saturated heterocycles. The van der Waals surface area contributed by atoms with Crippen molar-refractivity contribution in [1.82, 2.24) is 0 Å². The molecule has 1 aliphatic rings. The largest absolute Gasteiger partial charge is 0.385 e. The van der Waals surface area contributed by atoms with E-state index in [1.807, 2.05) is 0 Å². The maximum atomic E-state index is 6.09. The van der Waals surface area contributed by atoms with Crippen LogP contribution in [0.15, 0.2) is 0 Å². The smallest absolute Gasteiger partial charge is 0.0483 e. The van der Waals surface area contributed by atoms with Crippen LogP contribution in [0.25, 0.3) is 0 Å². The molecule has 3 heteroatoms. The second-order valence-electron chi connectivity index (χ2n) is 3.22. The Hall–Kier alpha value is -0.120. The molecule has 1 fully saturated rings. The van der Waals surface area contributed by atoms with Crippen molar-refractivity contribution in [1.29, 1.82) is 0 Å². The predicted octanol–water partition coefficient (Wildman–Crippen LogP) is 0.531. The van der Waals surface area contributed by atoms with Crippen molar-refractivity contribution in [2.75, 3.05) is 26.9 Å². The number of nitrogens with two attached hydrogens (primary N) is 1. The Morgan fingerprint density at radius 2 is 2.09 bits per heavy atom. The van der Waals surface area contributed by atoms with Crippen molar-refractivity contribution in [3.63, 3.8) is 0 Å². The number of ether oxygens (including phenoxy) is 2. The van der Waals surface area contributed by atoms with Crippen LogP contribution in [-0.4, -0.2) is 32.5 Å². The lowest BCUT2D eigenvalue weighted by Gasteiger charge is -2.33. The molecule has 0 aliphatic carbocycles. The third-order valence-corrected chi connectivity index (χ3v) is 2.29. The minimum Gasteiger partial charge on any atom is -0.385 e. The number of methoxy groups -OCH3 is 1. The molecule has 0 aromatic carbocycles. The van der Waals surface area contributed by atoms with Gasteiger partial charge in [-0.2, -0.15) is 0 Å². The van der Waals surface area contributed by atoms with Crippen LogP contribution in [-0.2, 0) is 9.47 Å². The highest BCUT2D eigenvalue weighted by atomic mass is 16.5. The van der Waals surface area contributed by atoms with Crippen LogP contribution in [0.5, 0.6) is 0 Å². The highest BCUT2D eigenvalue weighted by molar-refractivity contribution is 4.85. The van der Waals surface area contributed by atoms with E-state index in [4.69, 9.17) is 15.2 Å². The van der Waals surface area contributed by atoms with E-state index in [1.165, 1.54) is 0 Å². The Balaban J connectivity index is 2.25. The van der Waals surface area contributed by atoms with Crippen molar-refractivity contribution in [2.45, 2.75) is 24.8 Å². The Kier molecular flexibility index (Phi) is 3.30. The van der Waals surface area contributed by atoms with E-state index >= 15 is 0 Å². The Labute approximate surface area is 67.9 Å². The van der Waals surface area contributed by atoms with Gasteiger partial charge in [-0.1, -0.05) is 0 Å². The molecule has 0 bridgehead atoms. The van der Waals surface area contributed by atoms with Gasteiger partial charge in [0.2, 0.25) is 0 Å². The van der Waals surface area contributed by atoms with Gasteiger partial charge in [-0.3, -0.25) is 0 Å². The predicted molar refractivity (Wildman–Crippen MR) is 43.5 cm³/mol. The summed E-state index contributed by atoms with van der Waals surface area (Å²) in [4.78, 5) is 0. The highest BCUT2D eigenvalue weighted by Crippen LogP contribution is 2.20. The van der Waals surface area contributed by atoms with Crippen LogP contribution >= 0.6 is 0 Å². The first-order valence-corrected chi connectivity index (χ1v) is 4.12. The summed E-state index contributed by atoms with van der Waals surface area (Å²) >= 11 is 0. The first-order chi connectivity index (χ1) is 5.27. The molecule has 0 aromatic heterocycles. The van der Waals surface area contributed by atoms with Crippen molar-refractivity contribution in [3.05, 3.63) is 0 Å². The average molecular weight is 159 g/mol. The fourth-order valence-electron chi connectivity index (χ4n) is 1.33. The van der Waals surface area contributed by atoms with Crippen LogP contribution < -0.4 is 5.73 Å². The van der Waals surface area contributed by atoms with Crippen LogP contribution in [0.2, 0.25) is 0 Å². The summed E-state index contributed by atoms with van der Waals surface area (Å²) in [6.45, 7) is 2.37. The Morgan fingerprint density at radius 3 is 2.64 bits per heavy atom. The Morgan fingerprint density at radius 1 is 1.45 bits per heavy atom. The highest BCUT2D eigenvalue weighted by Gasteiger charge is 2.27. The van der Waals surface area contributed by atoms with Gasteiger partial charge in [-0.05, 0) is 19.3 Å². The molecule has 0 amide bonds. The third kappa shape index (κ3) is 2.77. The van der Waals surface area contributed by atoms with Crippen molar-refractivity contribution >= 4 is 0 Å². The van der Waals surface area contributed by atoms with Gasteiger partial charge in [-0.25, -0.2) is 0 Å². The molecule has 0 atom stereocenters. The molecular weight excluding hydrogens is 142 g/mol. The summed E-state index contributed by atoms with van der Waals surface area (Å²) < 4.78 is 10.2. The molecule has 0 unspecified atom stereocenters. The van der Waals surface area contributed by atoms with Gasteiger partial charge in [0.25, 0.3) is 0 Å². The number of hydrogen-bond donors (Lipinski definition) is 1. The maximum Gasteiger partial charge on any atom is 0.0483 e. The van der Waals surface area contributed by atoms with E-state index < -0.39 is 0 Å². The van der Waals surface area contributed by atoms with Crippen LogP contribution in [0, 0.1) is 0 Å². The first-order valence-electron chi connectivity index (χ1n) is 4.12. The molecular formula is C8H17NO2. The lowest BCUT2D eigenvalue weighted by atomic mass is 9.88. The summed E-state index contributed by atoms with van der Waals surface area (Å²) in [6.07, 6.45) is 2.89. The lowest BCUT2D eigenvalue weighted by Crippen LogP contribution is -2.45. The zero-order chi connectivity index (χ0) is 8.16. The lowest BCUT2D eigenvalue weighted by molar-refractivity contribution is 0.0397. The molecule has 1 rings (SSSR count). The van der Waals surface area contributed by atoms with Crippen LogP contribution in [0.4, 0.5) is 0 Å². The summed E-state index contributed by atoms with van der Waals surface area (Å²) in [6, 6.07) is 0. The number of hydrogen-bond acceptors (Lipinski definition) is 3. The van der Waals surface area contributed by atoms with Crippen LogP contribution in [0.1, 0.15) is 19.3 Å².